The first kappa shape index (κ1) is 34.6. The minimum absolute atomic E-state index is 0.119. The molecule has 12 N–H and O–H groups in total. The van der Waals surface area contributed by atoms with Crippen molar-refractivity contribution in [2.45, 2.75) is 25.7 Å². The van der Waals surface area contributed by atoms with E-state index in [1.165, 1.54) is 0 Å². The number of nitrogens with one attached hydrogen (secondary N) is 4. The van der Waals surface area contributed by atoms with E-state index in [4.69, 9.17) is 22.9 Å². The highest BCUT2D eigenvalue weighted by molar-refractivity contribution is 5.79. The van der Waals surface area contributed by atoms with Crippen LogP contribution in [0.15, 0.2) is 24.3 Å². The Labute approximate surface area is 236 Å². The molecule has 0 bridgehead atoms. The maximum absolute atomic E-state index is 12.2. The van der Waals surface area contributed by atoms with Gasteiger partial charge < -0.3 is 54.0 Å². The Morgan fingerprint density at radius 3 is 0.900 bits per heavy atom. The number of hydrogen-bond acceptors (Lipinski definition) is 10. The molecule has 0 fully saturated rings. The van der Waals surface area contributed by atoms with E-state index in [1.807, 2.05) is 34.1 Å². The Hall–Kier alpha value is -3.46. The van der Waals surface area contributed by atoms with Crippen LogP contribution in [-0.4, -0.2) is 102 Å². The van der Waals surface area contributed by atoms with Crippen molar-refractivity contribution in [3.63, 3.8) is 0 Å². The molecule has 1 aromatic carbocycles. The van der Waals surface area contributed by atoms with Crippen molar-refractivity contribution in [3.05, 3.63) is 24.3 Å². The van der Waals surface area contributed by atoms with Crippen LogP contribution in [0, 0.1) is 0 Å². The van der Waals surface area contributed by atoms with Crippen LogP contribution in [0.5, 0.6) is 0 Å². The fourth-order valence-corrected chi connectivity index (χ4v) is 3.76. The molecule has 1 rings (SSSR count). The normalized spacial score (nSPS) is 10.5. The predicted octanol–water partition coefficient (Wildman–Crippen LogP) is -2.84. The summed E-state index contributed by atoms with van der Waals surface area (Å²) in [6.07, 6.45) is 0.977. The number of rotatable bonds is 22. The number of nitrogens with zero attached hydrogens (tertiary/aromatic N) is 2. The van der Waals surface area contributed by atoms with Gasteiger partial charge in [0, 0.05) is 116 Å². The van der Waals surface area contributed by atoms with Gasteiger partial charge in [0.05, 0.1) is 0 Å². The van der Waals surface area contributed by atoms with Crippen LogP contribution in [0.2, 0.25) is 0 Å². The second kappa shape index (κ2) is 21.4. The fraction of sp³-hybridized carbons (Fsp3) is 0.615. The first-order valence-electron chi connectivity index (χ1n) is 13.8. The molecular formula is C26H48N10O4. The molecule has 1 aromatic rings. The quantitative estimate of drug-likeness (QED) is 0.0719. The van der Waals surface area contributed by atoms with Gasteiger partial charge in [-0.25, -0.2) is 0 Å². The molecule has 14 nitrogen and oxygen atoms in total. The Bertz CT molecular complexity index is 766. The number of amides is 4. The summed E-state index contributed by atoms with van der Waals surface area (Å²) in [5.74, 6) is -0.475. The summed E-state index contributed by atoms with van der Waals surface area (Å²) >= 11 is 0. The fourth-order valence-electron chi connectivity index (χ4n) is 3.76. The van der Waals surface area contributed by atoms with E-state index in [-0.39, 0.29) is 49.3 Å². The van der Waals surface area contributed by atoms with Crippen LogP contribution in [0.25, 0.3) is 0 Å². The standard InChI is InChI=1S/C26H48N10O4/c27-9-13-31-23(37)5-17-35(18-6-24(38)32-14-10-28)21-1-2-22(4-3-21)36(19-7-25(39)33-15-11-29)20-8-26(40)34-16-12-30/h1-4H,5-20,27-30H2,(H,31,37)(H,32,38)(H,33,39)(H,34,40). The lowest BCUT2D eigenvalue weighted by atomic mass is 10.2. The highest BCUT2D eigenvalue weighted by atomic mass is 16.2. The van der Waals surface area contributed by atoms with E-state index in [0.717, 1.165) is 11.4 Å². The SMILES string of the molecule is NCCNC(=O)CCN(CCC(=O)NCCN)c1ccc(N(CCC(=O)NCCN)CCC(=O)NCCN)cc1. The molecule has 0 saturated heterocycles. The van der Waals surface area contributed by atoms with Gasteiger partial charge in [-0.1, -0.05) is 0 Å². The van der Waals surface area contributed by atoms with Gasteiger partial charge in [0.25, 0.3) is 0 Å². The molecule has 0 aliphatic rings. The van der Waals surface area contributed by atoms with Gasteiger partial charge in [-0.05, 0) is 24.3 Å². The number of carbonyl (C=O) groups excluding carboxylic acids is 4. The van der Waals surface area contributed by atoms with Crippen LogP contribution < -0.4 is 54.0 Å². The zero-order valence-corrected chi connectivity index (χ0v) is 23.5. The van der Waals surface area contributed by atoms with Crippen LogP contribution in [0.4, 0.5) is 11.4 Å². The molecule has 226 valence electrons. The van der Waals surface area contributed by atoms with Gasteiger partial charge in [0.1, 0.15) is 0 Å². The smallest absolute Gasteiger partial charge is 0.221 e. The minimum Gasteiger partial charge on any atom is -0.370 e. The lowest BCUT2D eigenvalue weighted by molar-refractivity contribution is -0.122. The molecule has 0 aromatic heterocycles. The topological polar surface area (TPSA) is 227 Å². The molecule has 4 amide bonds. The first-order valence-corrected chi connectivity index (χ1v) is 13.8. The molecule has 0 saturated carbocycles. The van der Waals surface area contributed by atoms with Gasteiger partial charge in [0.2, 0.25) is 23.6 Å². The summed E-state index contributed by atoms with van der Waals surface area (Å²) in [5.41, 5.74) is 23.5. The number of nitrogens with two attached hydrogens (primary N) is 4. The number of carbonyl (C=O) groups is 4. The number of anilines is 2. The zero-order valence-electron chi connectivity index (χ0n) is 23.5. The Morgan fingerprint density at radius 2 is 0.700 bits per heavy atom. The van der Waals surface area contributed by atoms with Gasteiger partial charge in [-0.3, -0.25) is 19.2 Å². The van der Waals surface area contributed by atoms with Crippen molar-refractivity contribution >= 4 is 35.0 Å². The molecule has 0 radical (unpaired) electrons. The number of benzene rings is 1. The maximum Gasteiger partial charge on any atom is 0.221 e. The van der Waals surface area contributed by atoms with Crippen molar-refractivity contribution in [2.75, 3.05) is 88.3 Å². The van der Waals surface area contributed by atoms with Crippen molar-refractivity contribution < 1.29 is 19.2 Å². The summed E-state index contributed by atoms with van der Waals surface area (Å²) in [6, 6.07) is 7.61. The van der Waals surface area contributed by atoms with Gasteiger partial charge >= 0.3 is 0 Å². The molecular weight excluding hydrogens is 516 g/mol. The summed E-state index contributed by atoms with van der Waals surface area (Å²) in [7, 11) is 0. The van der Waals surface area contributed by atoms with Gasteiger partial charge in [-0.2, -0.15) is 0 Å². The first-order chi connectivity index (χ1) is 19.3. The zero-order chi connectivity index (χ0) is 29.6. The lowest BCUT2D eigenvalue weighted by Gasteiger charge is -2.27. The third-order valence-corrected chi connectivity index (χ3v) is 5.88. The molecule has 0 aliphatic heterocycles. The number of hydrogen-bond donors (Lipinski definition) is 8. The van der Waals surface area contributed by atoms with Crippen LogP contribution in [-0.2, 0) is 19.2 Å². The molecule has 0 atom stereocenters. The minimum atomic E-state index is -0.119. The monoisotopic (exact) mass is 564 g/mol. The highest BCUT2D eigenvalue weighted by Crippen LogP contribution is 2.22. The van der Waals surface area contributed by atoms with E-state index in [1.54, 1.807) is 0 Å². The molecule has 14 heteroatoms. The summed E-state index contributed by atoms with van der Waals surface area (Å²) < 4.78 is 0. The van der Waals surface area contributed by atoms with E-state index in [2.05, 4.69) is 21.3 Å². The molecule has 0 heterocycles. The van der Waals surface area contributed by atoms with E-state index in [9.17, 15) is 19.2 Å². The van der Waals surface area contributed by atoms with E-state index < -0.39 is 0 Å². The van der Waals surface area contributed by atoms with Crippen LogP contribution >= 0.6 is 0 Å². The van der Waals surface area contributed by atoms with Crippen molar-refractivity contribution in [1.29, 1.82) is 0 Å². The molecule has 0 unspecified atom stereocenters. The summed E-state index contributed by atoms with van der Waals surface area (Å²) in [5, 5.41) is 11.0. The van der Waals surface area contributed by atoms with Gasteiger partial charge in [0.15, 0.2) is 0 Å². The van der Waals surface area contributed by atoms with E-state index in [0.29, 0.717) is 78.5 Å². The van der Waals surface area contributed by atoms with Gasteiger partial charge in [-0.15, -0.1) is 0 Å². The second-order valence-corrected chi connectivity index (χ2v) is 9.05. The maximum atomic E-state index is 12.2. The molecule has 0 aliphatic carbocycles. The largest absolute Gasteiger partial charge is 0.370 e. The van der Waals surface area contributed by atoms with Crippen molar-refractivity contribution in [1.82, 2.24) is 21.3 Å². The summed E-state index contributed by atoms with van der Waals surface area (Å²) in [6.45, 7) is 4.68. The highest BCUT2D eigenvalue weighted by Gasteiger charge is 2.15. The third kappa shape index (κ3) is 15.2. The van der Waals surface area contributed by atoms with Crippen molar-refractivity contribution in [3.8, 4) is 0 Å². The van der Waals surface area contributed by atoms with Crippen LogP contribution in [0.3, 0.4) is 0 Å². The lowest BCUT2D eigenvalue weighted by Crippen LogP contribution is -2.36. The molecule has 0 spiro atoms. The predicted molar refractivity (Wildman–Crippen MR) is 158 cm³/mol. The van der Waals surface area contributed by atoms with E-state index >= 15 is 0 Å². The van der Waals surface area contributed by atoms with Crippen LogP contribution in [0.1, 0.15) is 25.7 Å². The Kier molecular flexibility index (Phi) is 18.5. The average molecular weight is 565 g/mol. The third-order valence-electron chi connectivity index (χ3n) is 5.88. The summed E-state index contributed by atoms with van der Waals surface area (Å²) in [4.78, 5) is 52.6. The second-order valence-electron chi connectivity index (χ2n) is 9.05. The molecule has 40 heavy (non-hydrogen) atoms. The average Bonchev–Trinajstić information content (AvgIpc) is 2.96. The van der Waals surface area contributed by atoms with Crippen molar-refractivity contribution in [2.24, 2.45) is 22.9 Å². The Balaban J connectivity index is 2.99. The Morgan fingerprint density at radius 1 is 0.475 bits per heavy atom.